The number of anilines is 1. The van der Waals surface area contributed by atoms with E-state index in [-0.39, 0.29) is 35.8 Å². The fourth-order valence-corrected chi connectivity index (χ4v) is 3.38. The summed E-state index contributed by atoms with van der Waals surface area (Å²) in [4.78, 5) is 36.1. The fourth-order valence-electron chi connectivity index (χ4n) is 3.38. The standard InChI is InChI=1S/C25H21N3O6/c1-17-6-5-9-21(14-17)33-12-13-34-23-11-10-20(28(31)32)15-18(23)16-22-24(29)26-27(25(22)30)19-7-3-2-4-8-19/h2-11,14-16H,12-13H2,1H3,(H,26,29). The summed E-state index contributed by atoms with van der Waals surface area (Å²) in [5, 5.41) is 12.4. The van der Waals surface area contributed by atoms with Crippen molar-refractivity contribution in [1.29, 1.82) is 0 Å². The van der Waals surface area contributed by atoms with Gasteiger partial charge in [-0.1, -0.05) is 30.3 Å². The first-order valence-corrected chi connectivity index (χ1v) is 10.5. The van der Waals surface area contributed by atoms with Gasteiger partial charge in [0.2, 0.25) is 0 Å². The van der Waals surface area contributed by atoms with E-state index in [2.05, 4.69) is 5.43 Å². The molecule has 2 amide bonds. The van der Waals surface area contributed by atoms with Crippen molar-refractivity contribution in [3.63, 3.8) is 0 Å². The molecular formula is C25H21N3O6. The maximum Gasteiger partial charge on any atom is 0.282 e. The van der Waals surface area contributed by atoms with Crippen LogP contribution in [-0.4, -0.2) is 30.0 Å². The van der Waals surface area contributed by atoms with Crippen LogP contribution in [0.4, 0.5) is 11.4 Å². The number of rotatable bonds is 8. The van der Waals surface area contributed by atoms with E-state index < -0.39 is 16.7 Å². The van der Waals surface area contributed by atoms with E-state index in [4.69, 9.17) is 9.47 Å². The molecule has 4 rings (SSSR count). The van der Waals surface area contributed by atoms with Gasteiger partial charge < -0.3 is 9.47 Å². The minimum atomic E-state index is -0.617. The molecule has 1 aliphatic rings. The third kappa shape index (κ3) is 5.04. The van der Waals surface area contributed by atoms with E-state index in [1.807, 2.05) is 31.2 Å². The first kappa shape index (κ1) is 22.5. The van der Waals surface area contributed by atoms with E-state index in [1.54, 1.807) is 30.3 Å². The average molecular weight is 459 g/mol. The molecule has 0 bridgehead atoms. The summed E-state index contributed by atoms with van der Waals surface area (Å²) in [7, 11) is 0. The van der Waals surface area contributed by atoms with Crippen LogP contribution in [0.25, 0.3) is 6.08 Å². The molecule has 3 aromatic rings. The number of para-hydroxylation sites is 1. The lowest BCUT2D eigenvalue weighted by Crippen LogP contribution is -2.35. The van der Waals surface area contributed by atoms with Crippen LogP contribution in [0.5, 0.6) is 11.5 Å². The second-order valence-electron chi connectivity index (χ2n) is 7.47. The van der Waals surface area contributed by atoms with Gasteiger partial charge in [-0.25, -0.2) is 5.01 Å². The summed E-state index contributed by atoms with van der Waals surface area (Å²) in [6, 6.07) is 20.2. The van der Waals surface area contributed by atoms with Crippen molar-refractivity contribution in [2.45, 2.75) is 6.92 Å². The molecule has 0 aliphatic carbocycles. The van der Waals surface area contributed by atoms with Crippen molar-refractivity contribution < 1.29 is 24.0 Å². The molecule has 9 nitrogen and oxygen atoms in total. The zero-order valence-corrected chi connectivity index (χ0v) is 18.3. The minimum absolute atomic E-state index is 0.151. The van der Waals surface area contributed by atoms with Crippen LogP contribution in [0.2, 0.25) is 0 Å². The van der Waals surface area contributed by atoms with Gasteiger partial charge in [-0.3, -0.25) is 25.1 Å². The molecule has 34 heavy (non-hydrogen) atoms. The lowest BCUT2D eigenvalue weighted by molar-refractivity contribution is -0.384. The van der Waals surface area contributed by atoms with Crippen molar-refractivity contribution in [3.8, 4) is 11.5 Å². The van der Waals surface area contributed by atoms with Crippen LogP contribution in [-0.2, 0) is 9.59 Å². The highest BCUT2D eigenvalue weighted by Crippen LogP contribution is 2.29. The van der Waals surface area contributed by atoms with Gasteiger partial charge in [-0.2, -0.15) is 0 Å². The summed E-state index contributed by atoms with van der Waals surface area (Å²) in [6.07, 6.45) is 1.30. The maximum atomic E-state index is 12.9. The number of hydrogen-bond acceptors (Lipinski definition) is 6. The van der Waals surface area contributed by atoms with Crippen molar-refractivity contribution >= 4 is 29.3 Å². The first-order valence-electron chi connectivity index (χ1n) is 10.5. The van der Waals surface area contributed by atoms with Gasteiger partial charge in [-0.15, -0.1) is 0 Å². The summed E-state index contributed by atoms with van der Waals surface area (Å²) >= 11 is 0. The first-order chi connectivity index (χ1) is 16.4. The number of hydrogen-bond donors (Lipinski definition) is 1. The molecule has 0 radical (unpaired) electrons. The Morgan fingerprint density at radius 3 is 2.47 bits per heavy atom. The number of carbonyl (C=O) groups excluding carboxylic acids is 2. The second kappa shape index (κ2) is 9.86. The number of ether oxygens (including phenoxy) is 2. The highest BCUT2D eigenvalue weighted by Gasteiger charge is 2.34. The quantitative estimate of drug-likeness (QED) is 0.180. The third-order valence-corrected chi connectivity index (χ3v) is 5.01. The Kier molecular flexibility index (Phi) is 6.54. The molecule has 0 unspecified atom stereocenters. The SMILES string of the molecule is Cc1cccc(OCCOc2ccc([N+](=O)[O-])cc2C=C2C(=O)NN(c3ccccc3)C2=O)c1. The molecule has 172 valence electrons. The van der Waals surface area contributed by atoms with Crippen molar-refractivity contribution in [1.82, 2.24) is 5.43 Å². The predicted octanol–water partition coefficient (Wildman–Crippen LogP) is 3.82. The number of aryl methyl sites for hydroxylation is 1. The summed E-state index contributed by atoms with van der Waals surface area (Å²) in [5.41, 5.74) is 3.94. The number of amides is 2. The van der Waals surface area contributed by atoms with E-state index in [1.165, 1.54) is 24.3 Å². The summed E-state index contributed by atoms with van der Waals surface area (Å²) in [6.45, 7) is 2.34. The van der Waals surface area contributed by atoms with Gasteiger partial charge in [0, 0.05) is 17.7 Å². The smallest absolute Gasteiger partial charge is 0.282 e. The number of nitrogens with one attached hydrogen (secondary N) is 1. The van der Waals surface area contributed by atoms with Crippen LogP contribution < -0.4 is 19.9 Å². The van der Waals surface area contributed by atoms with E-state index in [0.29, 0.717) is 11.4 Å². The summed E-state index contributed by atoms with van der Waals surface area (Å²) < 4.78 is 11.4. The number of nitro groups is 1. The van der Waals surface area contributed by atoms with Gasteiger partial charge in [0.1, 0.15) is 30.3 Å². The van der Waals surface area contributed by atoms with Gasteiger partial charge in [-0.05, 0) is 48.9 Å². The highest BCUT2D eigenvalue weighted by molar-refractivity contribution is 6.31. The van der Waals surface area contributed by atoms with Gasteiger partial charge in [0.05, 0.1) is 10.6 Å². The van der Waals surface area contributed by atoms with E-state index in [0.717, 1.165) is 10.6 Å². The Morgan fingerprint density at radius 1 is 0.971 bits per heavy atom. The molecule has 1 saturated heterocycles. The Labute approximate surface area is 195 Å². The molecule has 1 aliphatic heterocycles. The molecule has 9 heteroatoms. The number of hydrazine groups is 1. The Hall–Kier alpha value is -4.66. The number of benzene rings is 3. The number of nitro benzene ring substituents is 1. The monoisotopic (exact) mass is 459 g/mol. The normalized spacial score (nSPS) is 14.3. The molecule has 0 atom stereocenters. The third-order valence-electron chi connectivity index (χ3n) is 5.01. The molecule has 0 saturated carbocycles. The Morgan fingerprint density at radius 2 is 1.74 bits per heavy atom. The molecule has 1 N–H and O–H groups in total. The fraction of sp³-hybridized carbons (Fsp3) is 0.120. The molecule has 0 spiro atoms. The largest absolute Gasteiger partial charge is 0.490 e. The molecule has 0 aromatic heterocycles. The van der Waals surface area contributed by atoms with Crippen LogP contribution in [0, 0.1) is 17.0 Å². The van der Waals surface area contributed by atoms with Gasteiger partial charge >= 0.3 is 0 Å². The molecular weight excluding hydrogens is 438 g/mol. The molecule has 1 heterocycles. The minimum Gasteiger partial charge on any atom is -0.490 e. The van der Waals surface area contributed by atoms with E-state index in [9.17, 15) is 19.7 Å². The number of non-ortho nitro benzene ring substituents is 1. The van der Waals surface area contributed by atoms with Crippen molar-refractivity contribution in [3.05, 3.63) is 99.6 Å². The highest BCUT2D eigenvalue weighted by atomic mass is 16.6. The number of carbonyl (C=O) groups is 2. The number of nitrogens with zero attached hydrogens (tertiary/aromatic N) is 2. The van der Waals surface area contributed by atoms with Crippen LogP contribution in [0.15, 0.2) is 78.4 Å². The summed E-state index contributed by atoms with van der Waals surface area (Å²) in [5.74, 6) is -0.209. The van der Waals surface area contributed by atoms with Gasteiger partial charge in [0.25, 0.3) is 17.5 Å². The lowest BCUT2D eigenvalue weighted by Gasteiger charge is -2.14. The zero-order chi connectivity index (χ0) is 24.1. The van der Waals surface area contributed by atoms with Crippen molar-refractivity contribution in [2.75, 3.05) is 18.2 Å². The lowest BCUT2D eigenvalue weighted by atomic mass is 10.1. The zero-order valence-electron chi connectivity index (χ0n) is 18.3. The van der Waals surface area contributed by atoms with Crippen LogP contribution in [0.1, 0.15) is 11.1 Å². The average Bonchev–Trinajstić information content (AvgIpc) is 3.11. The molecule has 1 fully saturated rings. The van der Waals surface area contributed by atoms with E-state index >= 15 is 0 Å². The van der Waals surface area contributed by atoms with Crippen molar-refractivity contribution in [2.24, 2.45) is 0 Å². The van der Waals surface area contributed by atoms with Crippen LogP contribution >= 0.6 is 0 Å². The van der Waals surface area contributed by atoms with Gasteiger partial charge in [0.15, 0.2) is 0 Å². The Bertz CT molecular complexity index is 1270. The van der Waals surface area contributed by atoms with Crippen LogP contribution in [0.3, 0.4) is 0 Å². The Balaban J connectivity index is 1.54. The maximum absolute atomic E-state index is 12.9. The topological polar surface area (TPSA) is 111 Å². The molecule has 3 aromatic carbocycles. The predicted molar refractivity (Wildman–Crippen MR) is 125 cm³/mol. The second-order valence-corrected chi connectivity index (χ2v) is 7.47.